The number of benzene rings is 2. The van der Waals surface area contributed by atoms with Crippen molar-refractivity contribution in [3.05, 3.63) is 52.9 Å². The molecule has 0 spiro atoms. The predicted molar refractivity (Wildman–Crippen MR) is 162 cm³/mol. The van der Waals surface area contributed by atoms with E-state index in [0.29, 0.717) is 36.3 Å². The number of fused-ring (bicyclic) bond motifs is 2. The minimum Gasteiger partial charge on any atom is -0.481 e. The van der Waals surface area contributed by atoms with Crippen LogP contribution < -0.4 is 23.5 Å². The Bertz CT molecular complexity index is 1730. The highest BCUT2D eigenvalue weighted by molar-refractivity contribution is 7.86. The molecule has 0 saturated carbocycles. The van der Waals surface area contributed by atoms with Gasteiger partial charge in [-0.3, -0.25) is 19.3 Å². The third kappa shape index (κ3) is 6.12. The molecular weight excluding hydrogens is 607 g/mol. The van der Waals surface area contributed by atoms with Gasteiger partial charge in [0.1, 0.15) is 17.2 Å². The first-order valence-corrected chi connectivity index (χ1v) is 16.2. The zero-order valence-corrected chi connectivity index (χ0v) is 26.2. The maximum Gasteiger partial charge on any atom is 0.306 e. The number of rotatable bonds is 6. The number of nitrogens with zero attached hydrogens (tertiary/aromatic N) is 2. The Morgan fingerprint density at radius 3 is 2.31 bits per heavy atom. The summed E-state index contributed by atoms with van der Waals surface area (Å²) in [5.74, 6) is 1.39. The van der Waals surface area contributed by atoms with Gasteiger partial charge in [0.2, 0.25) is 6.29 Å². The zero-order valence-electron chi connectivity index (χ0n) is 25.3. The average molecular weight is 641 g/mol. The van der Waals surface area contributed by atoms with Gasteiger partial charge in [-0.1, -0.05) is 5.92 Å². The normalized spacial score (nSPS) is 19.9. The summed E-state index contributed by atoms with van der Waals surface area (Å²) in [5, 5.41) is 0. The van der Waals surface area contributed by atoms with Crippen LogP contribution in [0.15, 0.2) is 41.5 Å². The monoisotopic (exact) mass is 640 g/mol. The van der Waals surface area contributed by atoms with Crippen LogP contribution in [0.3, 0.4) is 0 Å². The van der Waals surface area contributed by atoms with E-state index in [9.17, 15) is 27.2 Å². The second-order valence-corrected chi connectivity index (χ2v) is 13.0. The number of carbonyl (C=O) groups excluding carboxylic acids is 3. The maximum absolute atomic E-state index is 14.7. The van der Waals surface area contributed by atoms with Crippen LogP contribution in [-0.4, -0.2) is 58.4 Å². The molecule has 0 bridgehead atoms. The van der Waals surface area contributed by atoms with Gasteiger partial charge in [-0.2, -0.15) is 8.42 Å². The van der Waals surface area contributed by atoms with Gasteiger partial charge in [-0.15, -0.1) is 6.42 Å². The average Bonchev–Trinajstić information content (AvgIpc) is 3.38. The number of halogens is 1. The molecule has 0 N–H and O–H groups in total. The van der Waals surface area contributed by atoms with Gasteiger partial charge in [0.15, 0.2) is 12.4 Å². The van der Waals surface area contributed by atoms with Crippen molar-refractivity contribution in [2.45, 2.75) is 58.2 Å². The molecule has 1 aliphatic carbocycles. The Kier molecular flexibility index (Phi) is 8.66. The first-order chi connectivity index (χ1) is 21.3. The largest absolute Gasteiger partial charge is 0.481 e. The molecule has 11 nitrogen and oxygen atoms in total. The van der Waals surface area contributed by atoms with Gasteiger partial charge in [0.25, 0.3) is 17.7 Å². The number of terminal acetylenes is 1. The number of anilines is 2. The molecule has 13 heteroatoms. The van der Waals surface area contributed by atoms with Crippen molar-refractivity contribution in [3.63, 3.8) is 0 Å². The molecule has 3 heterocycles. The fourth-order valence-corrected chi connectivity index (χ4v) is 6.18. The van der Waals surface area contributed by atoms with Crippen molar-refractivity contribution in [2.24, 2.45) is 0 Å². The third-order valence-corrected chi connectivity index (χ3v) is 8.38. The molecule has 2 aromatic carbocycles. The second-order valence-electron chi connectivity index (χ2n) is 11.4. The summed E-state index contributed by atoms with van der Waals surface area (Å²) >= 11 is 0. The molecule has 2 aromatic rings. The van der Waals surface area contributed by atoms with Gasteiger partial charge in [-0.05, 0) is 70.7 Å². The van der Waals surface area contributed by atoms with Crippen molar-refractivity contribution in [1.82, 2.24) is 0 Å². The molecule has 0 fully saturated rings. The summed E-state index contributed by atoms with van der Waals surface area (Å²) in [6, 6.07) is 7.34. The Hall–Kier alpha value is -4.41. The van der Waals surface area contributed by atoms with E-state index in [4.69, 9.17) is 24.8 Å². The Balaban J connectivity index is 0.000000187. The lowest BCUT2D eigenvalue weighted by Crippen LogP contribution is -2.39. The molecule has 1 unspecified atom stereocenters. The maximum atomic E-state index is 14.7. The Morgan fingerprint density at radius 2 is 1.71 bits per heavy atom. The smallest absolute Gasteiger partial charge is 0.306 e. The van der Waals surface area contributed by atoms with E-state index >= 15 is 0 Å². The van der Waals surface area contributed by atoms with E-state index in [-0.39, 0.29) is 53.6 Å². The lowest BCUT2D eigenvalue weighted by Gasteiger charge is -2.29. The molecule has 0 aromatic heterocycles. The molecule has 0 radical (unpaired) electrons. The minimum atomic E-state index is -3.53. The molecule has 3 aliphatic heterocycles. The van der Waals surface area contributed by atoms with Gasteiger partial charge >= 0.3 is 10.1 Å². The molecule has 4 aliphatic rings. The van der Waals surface area contributed by atoms with Gasteiger partial charge in [0.05, 0.1) is 29.6 Å². The zero-order chi connectivity index (χ0) is 32.7. The summed E-state index contributed by atoms with van der Waals surface area (Å²) in [7, 11) is -3.53. The van der Waals surface area contributed by atoms with E-state index in [1.807, 2.05) is 20.8 Å². The second kappa shape index (κ2) is 12.2. The van der Waals surface area contributed by atoms with Crippen molar-refractivity contribution in [1.29, 1.82) is 0 Å². The number of hydrogen-bond acceptors (Lipinski definition) is 9. The molecule has 3 amide bonds. The van der Waals surface area contributed by atoms with Crippen LogP contribution in [0.2, 0.25) is 0 Å². The Morgan fingerprint density at radius 1 is 1.04 bits per heavy atom. The van der Waals surface area contributed by atoms with Crippen LogP contribution in [0.1, 0.15) is 52.0 Å². The van der Waals surface area contributed by atoms with Crippen molar-refractivity contribution < 1.29 is 45.6 Å². The van der Waals surface area contributed by atoms with E-state index in [1.165, 1.54) is 11.0 Å². The van der Waals surface area contributed by atoms with Crippen molar-refractivity contribution in [3.8, 4) is 29.6 Å². The Labute approximate surface area is 261 Å². The predicted octanol–water partition coefficient (Wildman–Crippen LogP) is 3.99. The highest BCUT2D eigenvalue weighted by atomic mass is 32.2. The van der Waals surface area contributed by atoms with Gasteiger partial charge in [0, 0.05) is 29.4 Å². The third-order valence-electron chi connectivity index (χ3n) is 7.89. The number of ether oxygens (including phenoxy) is 3. The minimum absolute atomic E-state index is 0.0170. The molecule has 238 valence electrons. The van der Waals surface area contributed by atoms with Crippen molar-refractivity contribution in [2.75, 3.05) is 35.8 Å². The van der Waals surface area contributed by atoms with Crippen LogP contribution in [0, 0.1) is 18.2 Å². The van der Waals surface area contributed by atoms with Crippen LogP contribution in [-0.2, 0) is 34.7 Å². The van der Waals surface area contributed by atoms with E-state index in [2.05, 4.69) is 5.92 Å². The first-order valence-electron chi connectivity index (χ1n) is 14.4. The topological polar surface area (TPSA) is 129 Å². The lowest BCUT2D eigenvalue weighted by atomic mass is 9.85. The number of hydrogen-bond donors (Lipinski definition) is 0. The van der Waals surface area contributed by atoms with Crippen LogP contribution in [0.25, 0.3) is 0 Å². The molecular formula is C32H33FN2O9S. The van der Waals surface area contributed by atoms with Gasteiger partial charge in [-0.25, -0.2) is 9.29 Å². The number of carbonyl (C=O) groups is 3. The molecule has 1 atom stereocenters. The molecule has 45 heavy (non-hydrogen) atoms. The quantitative estimate of drug-likeness (QED) is 0.262. The van der Waals surface area contributed by atoms with Crippen LogP contribution >= 0.6 is 0 Å². The summed E-state index contributed by atoms with van der Waals surface area (Å²) < 4.78 is 58.4. The standard InChI is InChI=1S/C19H15FN2O4.C13H18O5S/c1-2-7-21-15-9-14(13(20)8-16(15)26-10-17(21)23)22-18(24)11-5-3-4-6-12(11)19(22)25;1-5-16-12-13(2,3)10-8-9(18-19(4,14)15)6-7-11(10)17-12/h1,8-9H,3-7,10H2;6-8,12H,5H2,1-4H3. The summed E-state index contributed by atoms with van der Waals surface area (Å²) in [6.45, 7) is 6.17. The van der Waals surface area contributed by atoms with E-state index in [0.717, 1.165) is 35.6 Å². The number of amides is 3. The summed E-state index contributed by atoms with van der Waals surface area (Å²) in [6.07, 6.45) is 8.66. The highest BCUT2D eigenvalue weighted by Gasteiger charge is 2.43. The summed E-state index contributed by atoms with van der Waals surface area (Å²) in [5.41, 5.74) is 1.52. The van der Waals surface area contributed by atoms with Crippen LogP contribution in [0.5, 0.6) is 17.2 Å². The lowest BCUT2D eigenvalue weighted by molar-refractivity contribution is -0.121. The molecule has 0 saturated heterocycles. The van der Waals surface area contributed by atoms with E-state index in [1.54, 1.807) is 18.2 Å². The SMILES string of the molecule is C#CCN1C(=O)COc2cc(F)c(N3C(=O)C4=C(CCCC4)C3=O)cc21.CCOC1Oc2ccc(OS(C)(=O)=O)cc2C1(C)C. The van der Waals surface area contributed by atoms with Gasteiger partial charge < -0.3 is 18.4 Å². The fraction of sp³-hybridized carbons (Fsp3) is 0.406. The van der Waals surface area contributed by atoms with Crippen molar-refractivity contribution >= 4 is 39.2 Å². The van der Waals surface area contributed by atoms with E-state index < -0.39 is 27.7 Å². The number of imide groups is 1. The molecule has 6 rings (SSSR count). The highest BCUT2D eigenvalue weighted by Crippen LogP contribution is 2.45. The first kappa shape index (κ1) is 32.0. The van der Waals surface area contributed by atoms with Crippen LogP contribution in [0.4, 0.5) is 15.8 Å². The summed E-state index contributed by atoms with van der Waals surface area (Å²) in [4.78, 5) is 39.5. The fourth-order valence-electron chi connectivity index (χ4n) is 5.73.